The molecule has 1 saturated heterocycles. The van der Waals surface area contributed by atoms with Gasteiger partial charge in [0.05, 0.1) is 18.9 Å². The molecule has 2 aliphatic rings. The van der Waals surface area contributed by atoms with E-state index in [0.717, 1.165) is 32.1 Å². The van der Waals surface area contributed by atoms with Crippen LogP contribution in [0.4, 0.5) is 4.79 Å². The van der Waals surface area contributed by atoms with E-state index in [2.05, 4.69) is 6.07 Å². The molecule has 1 saturated carbocycles. The summed E-state index contributed by atoms with van der Waals surface area (Å²) in [7, 11) is 0. The van der Waals surface area contributed by atoms with Crippen molar-refractivity contribution in [1.82, 2.24) is 9.80 Å². The highest BCUT2D eigenvalue weighted by atomic mass is 16.4. The standard InChI is InChI=1S/C14H21N3O3/c15-7-3-9-16(11-5-6-11)14(20)17-8-2-1-4-12(17)10-13(18)19/h11-12H,1-6,8-10H2,(H,18,19). The lowest BCUT2D eigenvalue weighted by atomic mass is 10.00. The first-order valence-corrected chi connectivity index (χ1v) is 7.29. The predicted octanol–water partition coefficient (Wildman–Crippen LogP) is 1.81. The third kappa shape index (κ3) is 3.62. The number of aliphatic carboxylic acids is 1. The van der Waals surface area contributed by atoms with Gasteiger partial charge in [0, 0.05) is 25.2 Å². The maximum absolute atomic E-state index is 12.6. The molecule has 1 N–H and O–H groups in total. The zero-order valence-electron chi connectivity index (χ0n) is 11.6. The summed E-state index contributed by atoms with van der Waals surface area (Å²) in [6.07, 6.45) is 5.00. The van der Waals surface area contributed by atoms with Crippen molar-refractivity contribution in [2.45, 2.75) is 57.0 Å². The lowest BCUT2D eigenvalue weighted by Gasteiger charge is -2.38. The quantitative estimate of drug-likeness (QED) is 0.831. The van der Waals surface area contributed by atoms with Crippen LogP contribution >= 0.6 is 0 Å². The Hall–Kier alpha value is -1.77. The number of likely N-dealkylation sites (tertiary alicyclic amines) is 1. The van der Waals surface area contributed by atoms with Crippen molar-refractivity contribution in [3.63, 3.8) is 0 Å². The van der Waals surface area contributed by atoms with Crippen LogP contribution in [0.15, 0.2) is 0 Å². The number of carbonyl (C=O) groups excluding carboxylic acids is 1. The molecule has 0 aromatic heterocycles. The molecule has 2 fully saturated rings. The summed E-state index contributed by atoms with van der Waals surface area (Å²) in [6, 6.07) is 2.06. The maximum Gasteiger partial charge on any atom is 0.320 e. The van der Waals surface area contributed by atoms with Gasteiger partial charge in [0.2, 0.25) is 0 Å². The smallest absolute Gasteiger partial charge is 0.320 e. The fourth-order valence-electron chi connectivity index (χ4n) is 2.82. The van der Waals surface area contributed by atoms with Crippen LogP contribution in [-0.4, -0.2) is 52.1 Å². The average Bonchev–Trinajstić information content (AvgIpc) is 3.23. The van der Waals surface area contributed by atoms with E-state index in [1.54, 1.807) is 9.80 Å². The third-order valence-electron chi connectivity index (χ3n) is 3.98. The molecule has 0 aromatic carbocycles. The summed E-state index contributed by atoms with van der Waals surface area (Å²) in [4.78, 5) is 27.0. The van der Waals surface area contributed by atoms with Gasteiger partial charge >= 0.3 is 12.0 Å². The summed E-state index contributed by atoms with van der Waals surface area (Å²) < 4.78 is 0. The van der Waals surface area contributed by atoms with Gasteiger partial charge in [-0.3, -0.25) is 4.79 Å². The van der Waals surface area contributed by atoms with Crippen molar-refractivity contribution in [3.05, 3.63) is 0 Å². The molecule has 0 aromatic rings. The van der Waals surface area contributed by atoms with Gasteiger partial charge < -0.3 is 14.9 Å². The third-order valence-corrected chi connectivity index (χ3v) is 3.98. The highest BCUT2D eigenvalue weighted by Crippen LogP contribution is 2.30. The molecule has 0 spiro atoms. The maximum atomic E-state index is 12.6. The van der Waals surface area contributed by atoms with E-state index in [9.17, 15) is 9.59 Å². The van der Waals surface area contributed by atoms with Crippen molar-refractivity contribution in [2.24, 2.45) is 0 Å². The Balaban J connectivity index is 2.03. The summed E-state index contributed by atoms with van der Waals surface area (Å²) in [5.41, 5.74) is 0. The number of carbonyl (C=O) groups is 2. The molecule has 1 atom stereocenters. The predicted molar refractivity (Wildman–Crippen MR) is 72.0 cm³/mol. The molecule has 6 nitrogen and oxygen atoms in total. The number of hydrogen-bond acceptors (Lipinski definition) is 3. The van der Waals surface area contributed by atoms with Crippen LogP contribution in [0.2, 0.25) is 0 Å². The van der Waals surface area contributed by atoms with E-state index in [1.165, 1.54) is 0 Å². The van der Waals surface area contributed by atoms with Gasteiger partial charge in [-0.25, -0.2) is 4.79 Å². The largest absolute Gasteiger partial charge is 0.481 e. The number of piperidine rings is 1. The highest BCUT2D eigenvalue weighted by Gasteiger charge is 2.37. The molecule has 0 bridgehead atoms. The molecule has 6 heteroatoms. The second kappa shape index (κ2) is 6.60. The van der Waals surface area contributed by atoms with Crippen LogP contribution < -0.4 is 0 Å². The van der Waals surface area contributed by atoms with Gasteiger partial charge in [-0.1, -0.05) is 0 Å². The lowest BCUT2D eigenvalue weighted by Crippen LogP contribution is -2.51. The number of carboxylic acids is 1. The highest BCUT2D eigenvalue weighted by molar-refractivity contribution is 5.77. The summed E-state index contributed by atoms with van der Waals surface area (Å²) >= 11 is 0. The molecule has 1 aliphatic carbocycles. The molecule has 1 aliphatic heterocycles. The first-order valence-electron chi connectivity index (χ1n) is 7.29. The van der Waals surface area contributed by atoms with Crippen molar-refractivity contribution >= 4 is 12.0 Å². The molecule has 110 valence electrons. The van der Waals surface area contributed by atoms with Gasteiger partial charge in [0.15, 0.2) is 0 Å². The molecule has 0 radical (unpaired) electrons. The normalized spacial score (nSPS) is 22.1. The zero-order valence-corrected chi connectivity index (χ0v) is 11.6. The van der Waals surface area contributed by atoms with Gasteiger partial charge in [0.25, 0.3) is 0 Å². The molecule has 20 heavy (non-hydrogen) atoms. The molecular weight excluding hydrogens is 258 g/mol. The van der Waals surface area contributed by atoms with E-state index in [-0.39, 0.29) is 24.5 Å². The number of urea groups is 1. The van der Waals surface area contributed by atoms with Gasteiger partial charge in [0.1, 0.15) is 0 Å². The second-order valence-electron chi connectivity index (χ2n) is 5.56. The van der Waals surface area contributed by atoms with Crippen LogP contribution in [0.25, 0.3) is 0 Å². The summed E-state index contributed by atoms with van der Waals surface area (Å²) in [6.45, 7) is 1.09. The molecule has 1 unspecified atom stereocenters. The minimum Gasteiger partial charge on any atom is -0.481 e. The Labute approximate surface area is 119 Å². The van der Waals surface area contributed by atoms with Gasteiger partial charge in [-0.15, -0.1) is 0 Å². The van der Waals surface area contributed by atoms with Crippen molar-refractivity contribution in [2.75, 3.05) is 13.1 Å². The number of rotatable bonds is 5. The van der Waals surface area contributed by atoms with E-state index in [1.807, 2.05) is 0 Å². The van der Waals surface area contributed by atoms with Crippen molar-refractivity contribution in [1.29, 1.82) is 5.26 Å². The zero-order chi connectivity index (χ0) is 14.5. The number of amides is 2. The second-order valence-corrected chi connectivity index (χ2v) is 5.56. The molecule has 2 rings (SSSR count). The lowest BCUT2D eigenvalue weighted by molar-refractivity contribution is -0.138. The first kappa shape index (κ1) is 14.6. The first-order chi connectivity index (χ1) is 9.63. The monoisotopic (exact) mass is 279 g/mol. The van der Waals surface area contributed by atoms with E-state index < -0.39 is 5.97 Å². The Morgan fingerprint density at radius 1 is 1.30 bits per heavy atom. The van der Waals surface area contributed by atoms with E-state index >= 15 is 0 Å². The summed E-state index contributed by atoms with van der Waals surface area (Å²) in [5.74, 6) is -0.857. The van der Waals surface area contributed by atoms with E-state index in [0.29, 0.717) is 19.5 Å². The Bertz CT molecular complexity index is 414. The van der Waals surface area contributed by atoms with Crippen LogP contribution in [-0.2, 0) is 4.79 Å². The van der Waals surface area contributed by atoms with Crippen molar-refractivity contribution in [3.8, 4) is 6.07 Å². The number of nitrogens with zero attached hydrogens (tertiary/aromatic N) is 3. The summed E-state index contributed by atoms with van der Waals surface area (Å²) in [5, 5.41) is 17.7. The van der Waals surface area contributed by atoms with Gasteiger partial charge in [-0.05, 0) is 32.1 Å². The topological polar surface area (TPSA) is 84.6 Å². The van der Waals surface area contributed by atoms with Gasteiger partial charge in [-0.2, -0.15) is 5.26 Å². The SMILES string of the molecule is N#CCCN(C(=O)N1CCCCC1CC(=O)O)C1CC1. The Kier molecular flexibility index (Phi) is 4.83. The Morgan fingerprint density at radius 3 is 2.65 bits per heavy atom. The number of carboxylic acid groups (broad SMARTS) is 1. The minimum atomic E-state index is -0.857. The van der Waals surface area contributed by atoms with E-state index in [4.69, 9.17) is 10.4 Å². The number of hydrogen-bond donors (Lipinski definition) is 1. The van der Waals surface area contributed by atoms with Crippen LogP contribution in [0.3, 0.4) is 0 Å². The van der Waals surface area contributed by atoms with Crippen molar-refractivity contribution < 1.29 is 14.7 Å². The fraction of sp³-hybridized carbons (Fsp3) is 0.786. The fourth-order valence-corrected chi connectivity index (χ4v) is 2.82. The molecular formula is C14H21N3O3. The van der Waals surface area contributed by atoms with Crippen LogP contribution in [0, 0.1) is 11.3 Å². The molecule has 2 amide bonds. The number of nitriles is 1. The Morgan fingerprint density at radius 2 is 2.05 bits per heavy atom. The van der Waals surface area contributed by atoms with Crippen LogP contribution in [0.1, 0.15) is 44.9 Å². The average molecular weight is 279 g/mol. The van der Waals surface area contributed by atoms with Crippen LogP contribution in [0.5, 0.6) is 0 Å². The minimum absolute atomic E-state index is 0.0164. The molecule has 1 heterocycles.